The second-order valence-corrected chi connectivity index (χ2v) is 5.41. The van der Waals surface area contributed by atoms with Gasteiger partial charge in [-0.2, -0.15) is 10.4 Å². The van der Waals surface area contributed by atoms with Crippen molar-refractivity contribution in [3.63, 3.8) is 0 Å². The van der Waals surface area contributed by atoms with Crippen molar-refractivity contribution in [2.75, 3.05) is 0 Å². The molecule has 2 aromatic carbocycles. The van der Waals surface area contributed by atoms with E-state index in [1.807, 2.05) is 42.8 Å². The van der Waals surface area contributed by atoms with Gasteiger partial charge in [0.1, 0.15) is 5.75 Å². The predicted octanol–water partition coefficient (Wildman–Crippen LogP) is 3.58. The van der Waals surface area contributed by atoms with Crippen LogP contribution in [0.15, 0.2) is 54.6 Å². The van der Waals surface area contributed by atoms with Crippen molar-refractivity contribution in [1.29, 1.82) is 5.26 Å². The maximum Gasteiger partial charge on any atom is 0.343 e. The molecular weight excluding hydrogens is 302 g/mol. The van der Waals surface area contributed by atoms with Crippen LogP contribution in [0.2, 0.25) is 0 Å². The lowest BCUT2D eigenvalue weighted by atomic mass is 10.2. The Bertz CT molecular complexity index is 917. The van der Waals surface area contributed by atoms with E-state index in [4.69, 9.17) is 10.00 Å². The van der Waals surface area contributed by atoms with Crippen molar-refractivity contribution >= 4 is 5.97 Å². The molecule has 1 heterocycles. The number of aromatic nitrogens is 2. The van der Waals surface area contributed by atoms with E-state index >= 15 is 0 Å². The molecule has 1 aromatic heterocycles. The normalized spacial score (nSPS) is 10.2. The fourth-order valence-corrected chi connectivity index (χ4v) is 2.39. The molecule has 0 aliphatic carbocycles. The Hall–Kier alpha value is -3.39. The third-order valence-electron chi connectivity index (χ3n) is 3.55. The van der Waals surface area contributed by atoms with Gasteiger partial charge in [0.25, 0.3) is 0 Å². The van der Waals surface area contributed by atoms with E-state index in [9.17, 15) is 4.79 Å². The molecule has 0 atom stereocenters. The first-order chi connectivity index (χ1) is 11.6. The second kappa shape index (κ2) is 6.39. The van der Waals surface area contributed by atoms with Gasteiger partial charge in [0.2, 0.25) is 0 Å². The van der Waals surface area contributed by atoms with Crippen LogP contribution in [0.1, 0.15) is 27.3 Å². The van der Waals surface area contributed by atoms with E-state index in [1.165, 1.54) is 0 Å². The SMILES string of the molecule is Cc1cc(C)n(-c2ccc(C(=O)Oc3ccc(C#N)cc3)cc2)n1. The Balaban J connectivity index is 1.76. The highest BCUT2D eigenvalue weighted by Gasteiger charge is 2.10. The van der Waals surface area contributed by atoms with Gasteiger partial charge in [0.05, 0.1) is 28.6 Å². The van der Waals surface area contributed by atoms with Crippen LogP contribution >= 0.6 is 0 Å². The molecule has 118 valence electrons. The maximum absolute atomic E-state index is 12.2. The summed E-state index contributed by atoms with van der Waals surface area (Å²) >= 11 is 0. The van der Waals surface area contributed by atoms with Gasteiger partial charge in [0, 0.05) is 5.69 Å². The zero-order valence-corrected chi connectivity index (χ0v) is 13.4. The first-order valence-corrected chi connectivity index (χ1v) is 7.43. The molecule has 3 rings (SSSR count). The summed E-state index contributed by atoms with van der Waals surface area (Å²) in [4.78, 5) is 12.2. The number of carbonyl (C=O) groups is 1. The number of ether oxygens (including phenoxy) is 1. The molecule has 5 heteroatoms. The lowest BCUT2D eigenvalue weighted by Crippen LogP contribution is -2.09. The van der Waals surface area contributed by atoms with Gasteiger partial charge in [-0.1, -0.05) is 0 Å². The average Bonchev–Trinajstić information content (AvgIpc) is 2.94. The topological polar surface area (TPSA) is 67.9 Å². The molecule has 0 unspecified atom stereocenters. The highest BCUT2D eigenvalue weighted by molar-refractivity contribution is 5.91. The second-order valence-electron chi connectivity index (χ2n) is 5.41. The molecule has 0 saturated heterocycles. The Morgan fingerprint density at radius 3 is 2.29 bits per heavy atom. The number of aryl methyl sites for hydroxylation is 2. The maximum atomic E-state index is 12.2. The molecule has 3 aromatic rings. The molecule has 0 spiro atoms. The van der Waals surface area contributed by atoms with Crippen molar-refractivity contribution in [2.45, 2.75) is 13.8 Å². The van der Waals surface area contributed by atoms with E-state index < -0.39 is 5.97 Å². The smallest absolute Gasteiger partial charge is 0.343 e. The number of hydrogen-bond donors (Lipinski definition) is 0. The van der Waals surface area contributed by atoms with Gasteiger partial charge in [-0.3, -0.25) is 0 Å². The van der Waals surface area contributed by atoms with E-state index in [-0.39, 0.29) is 0 Å². The minimum atomic E-state index is -0.445. The molecule has 0 aliphatic heterocycles. The molecule has 0 N–H and O–H groups in total. The van der Waals surface area contributed by atoms with Crippen molar-refractivity contribution in [2.24, 2.45) is 0 Å². The van der Waals surface area contributed by atoms with Gasteiger partial charge in [-0.15, -0.1) is 0 Å². The molecular formula is C19H15N3O2. The van der Waals surface area contributed by atoms with Crippen molar-refractivity contribution in [1.82, 2.24) is 9.78 Å². The fourth-order valence-electron chi connectivity index (χ4n) is 2.39. The Morgan fingerprint density at radius 2 is 1.75 bits per heavy atom. The number of rotatable bonds is 3. The standard InChI is InChI=1S/C19H15N3O2/c1-13-11-14(2)22(21-13)17-7-5-16(6-8-17)19(23)24-18-9-3-15(12-20)4-10-18/h3-11H,1-2H3. The summed E-state index contributed by atoms with van der Waals surface area (Å²) in [5, 5.41) is 13.2. The first kappa shape index (κ1) is 15.5. The van der Waals surface area contributed by atoms with Crippen molar-refractivity contribution < 1.29 is 9.53 Å². The van der Waals surface area contributed by atoms with Crippen LogP contribution < -0.4 is 4.74 Å². The van der Waals surface area contributed by atoms with Gasteiger partial charge in [0.15, 0.2) is 0 Å². The summed E-state index contributed by atoms with van der Waals surface area (Å²) in [7, 11) is 0. The predicted molar refractivity (Wildman–Crippen MR) is 89.2 cm³/mol. The summed E-state index contributed by atoms with van der Waals surface area (Å²) in [5.41, 5.74) is 3.82. The average molecular weight is 317 g/mol. The zero-order chi connectivity index (χ0) is 17.1. The van der Waals surface area contributed by atoms with Crippen LogP contribution in [0.5, 0.6) is 5.75 Å². The molecule has 0 radical (unpaired) electrons. The number of esters is 1. The third kappa shape index (κ3) is 3.18. The van der Waals surface area contributed by atoms with Crippen LogP contribution in [0, 0.1) is 25.2 Å². The zero-order valence-electron chi connectivity index (χ0n) is 13.4. The van der Waals surface area contributed by atoms with Gasteiger partial charge in [-0.25, -0.2) is 9.48 Å². The van der Waals surface area contributed by atoms with Gasteiger partial charge in [-0.05, 0) is 68.4 Å². The largest absolute Gasteiger partial charge is 0.423 e. The molecule has 0 saturated carbocycles. The molecule has 0 amide bonds. The van der Waals surface area contributed by atoms with E-state index in [2.05, 4.69) is 5.10 Å². The highest BCUT2D eigenvalue weighted by atomic mass is 16.5. The van der Waals surface area contributed by atoms with Crippen LogP contribution in [0.3, 0.4) is 0 Å². The number of carbonyl (C=O) groups excluding carboxylic acids is 1. The summed E-state index contributed by atoms with van der Waals surface area (Å²) < 4.78 is 7.13. The van der Waals surface area contributed by atoms with Gasteiger partial charge >= 0.3 is 5.97 Å². The monoisotopic (exact) mass is 317 g/mol. The molecule has 24 heavy (non-hydrogen) atoms. The summed E-state index contributed by atoms with van der Waals surface area (Å²) in [6.45, 7) is 3.92. The first-order valence-electron chi connectivity index (χ1n) is 7.43. The number of nitrogens with zero attached hydrogens (tertiary/aromatic N) is 3. The summed E-state index contributed by atoms with van der Waals surface area (Å²) in [6, 6.07) is 17.5. The van der Waals surface area contributed by atoms with Crippen LogP contribution in [0.4, 0.5) is 0 Å². The molecule has 5 nitrogen and oxygen atoms in total. The third-order valence-corrected chi connectivity index (χ3v) is 3.55. The Labute approximate surface area is 139 Å². The van der Waals surface area contributed by atoms with Crippen LogP contribution in [-0.4, -0.2) is 15.7 Å². The molecule has 0 fully saturated rings. The minimum Gasteiger partial charge on any atom is -0.423 e. The van der Waals surface area contributed by atoms with E-state index in [1.54, 1.807) is 36.4 Å². The van der Waals surface area contributed by atoms with E-state index in [0.29, 0.717) is 16.9 Å². The summed E-state index contributed by atoms with van der Waals surface area (Å²) in [6.07, 6.45) is 0. The lowest BCUT2D eigenvalue weighted by Gasteiger charge is -2.07. The fraction of sp³-hybridized carbons (Fsp3) is 0.105. The van der Waals surface area contributed by atoms with E-state index in [0.717, 1.165) is 17.1 Å². The molecule has 0 aliphatic rings. The van der Waals surface area contributed by atoms with Gasteiger partial charge < -0.3 is 4.74 Å². The van der Waals surface area contributed by atoms with Crippen molar-refractivity contribution in [3.8, 4) is 17.5 Å². The quantitative estimate of drug-likeness (QED) is 0.547. The molecule has 0 bridgehead atoms. The Kier molecular flexibility index (Phi) is 4.13. The van der Waals surface area contributed by atoms with Crippen LogP contribution in [-0.2, 0) is 0 Å². The minimum absolute atomic E-state index is 0.404. The number of nitriles is 1. The number of hydrogen-bond acceptors (Lipinski definition) is 4. The Morgan fingerprint density at radius 1 is 1.08 bits per heavy atom. The number of benzene rings is 2. The summed E-state index contributed by atoms with van der Waals surface area (Å²) in [5.74, 6) is -0.0405. The van der Waals surface area contributed by atoms with Crippen molar-refractivity contribution in [3.05, 3.63) is 77.1 Å². The van der Waals surface area contributed by atoms with Crippen LogP contribution in [0.25, 0.3) is 5.69 Å². The highest BCUT2D eigenvalue weighted by Crippen LogP contribution is 2.16. The lowest BCUT2D eigenvalue weighted by molar-refractivity contribution is 0.0735.